The minimum atomic E-state index is 0.337. The smallest absolute Gasteiger partial charge is 0.0431 e. The van der Waals surface area contributed by atoms with E-state index in [-0.39, 0.29) is 0 Å². The molecule has 0 bridgehead atoms. The summed E-state index contributed by atoms with van der Waals surface area (Å²) < 4.78 is 0. The summed E-state index contributed by atoms with van der Waals surface area (Å²) in [4.78, 5) is 0. The van der Waals surface area contributed by atoms with Gasteiger partial charge < -0.3 is 10.2 Å². The quantitative estimate of drug-likeness (QED) is 0.219. The van der Waals surface area contributed by atoms with Crippen LogP contribution in [0.3, 0.4) is 0 Å². The lowest BCUT2D eigenvalue weighted by Crippen LogP contribution is -1.95. The summed E-state index contributed by atoms with van der Waals surface area (Å²) in [7, 11) is 0. The van der Waals surface area contributed by atoms with E-state index in [1.54, 1.807) is 0 Å². The first-order chi connectivity index (χ1) is 15.9. The van der Waals surface area contributed by atoms with Gasteiger partial charge in [0.25, 0.3) is 0 Å². The second kappa shape index (κ2) is 17.9. The Kier molecular flexibility index (Phi) is 14.9. The van der Waals surface area contributed by atoms with E-state index in [1.807, 2.05) is 0 Å². The van der Waals surface area contributed by atoms with Crippen LogP contribution >= 0.6 is 0 Å². The molecule has 0 aliphatic carbocycles. The Balaban J connectivity index is 1.81. The van der Waals surface area contributed by atoms with Crippen molar-refractivity contribution < 1.29 is 10.2 Å². The van der Waals surface area contributed by atoms with Crippen molar-refractivity contribution in [3.63, 3.8) is 0 Å². The fourth-order valence-corrected chi connectivity index (χ4v) is 4.62. The second-order valence-electron chi connectivity index (χ2n) is 9.21. The Morgan fingerprint density at radius 1 is 0.375 bits per heavy atom. The van der Waals surface area contributed by atoms with Gasteiger partial charge in [-0.3, -0.25) is 0 Å². The molecule has 2 aromatic rings. The van der Waals surface area contributed by atoms with Crippen LogP contribution in [0.4, 0.5) is 0 Å². The molecule has 178 valence electrons. The molecule has 0 amide bonds. The van der Waals surface area contributed by atoms with Gasteiger partial charge in [0.2, 0.25) is 0 Å². The minimum absolute atomic E-state index is 0.337. The van der Waals surface area contributed by atoms with Crippen molar-refractivity contribution in [2.45, 2.75) is 103 Å². The lowest BCUT2D eigenvalue weighted by Gasteiger charge is -2.14. The molecule has 0 spiro atoms. The van der Waals surface area contributed by atoms with Gasteiger partial charge in [0.1, 0.15) is 0 Å². The second-order valence-corrected chi connectivity index (χ2v) is 9.21. The highest BCUT2D eigenvalue weighted by Gasteiger charge is 2.09. The topological polar surface area (TPSA) is 40.5 Å². The number of aliphatic hydroxyl groups is 2. The predicted octanol–water partition coefficient (Wildman–Crippen LogP) is 7.88. The number of aryl methyl sites for hydroxylation is 2. The fourth-order valence-electron chi connectivity index (χ4n) is 4.62. The van der Waals surface area contributed by atoms with Crippen molar-refractivity contribution in [3.05, 3.63) is 59.7 Å². The summed E-state index contributed by atoms with van der Waals surface area (Å²) in [5.41, 5.74) is 5.83. The van der Waals surface area contributed by atoms with Crippen molar-refractivity contribution in [1.82, 2.24) is 0 Å². The Bertz CT molecular complexity index is 648. The first-order valence-electron chi connectivity index (χ1n) is 13.2. The van der Waals surface area contributed by atoms with Gasteiger partial charge in [0.05, 0.1) is 0 Å². The van der Waals surface area contributed by atoms with Gasteiger partial charge >= 0.3 is 0 Å². The third kappa shape index (κ3) is 10.8. The van der Waals surface area contributed by atoms with Gasteiger partial charge in [0, 0.05) is 13.2 Å². The molecule has 0 saturated carbocycles. The van der Waals surface area contributed by atoms with Gasteiger partial charge in [0.15, 0.2) is 0 Å². The van der Waals surface area contributed by atoms with E-state index in [9.17, 15) is 0 Å². The average molecular weight is 439 g/mol. The molecule has 0 radical (unpaired) electrons. The molecule has 0 fully saturated rings. The zero-order valence-electron chi connectivity index (χ0n) is 20.2. The molecule has 0 unspecified atom stereocenters. The SMILES string of the molecule is OCCCCCCCCCc1ccccc1-c1ccccc1CCCCCCCCCO. The van der Waals surface area contributed by atoms with E-state index < -0.39 is 0 Å². The van der Waals surface area contributed by atoms with Crippen molar-refractivity contribution in [2.24, 2.45) is 0 Å². The zero-order valence-corrected chi connectivity index (χ0v) is 20.2. The Morgan fingerprint density at radius 2 is 0.688 bits per heavy atom. The van der Waals surface area contributed by atoms with Crippen LogP contribution in [0.15, 0.2) is 48.5 Å². The van der Waals surface area contributed by atoms with Gasteiger partial charge in [-0.05, 0) is 60.8 Å². The third-order valence-corrected chi connectivity index (χ3v) is 6.53. The summed E-state index contributed by atoms with van der Waals surface area (Å²) in [5, 5.41) is 17.7. The fraction of sp³-hybridized carbons (Fsp3) is 0.600. The molecule has 0 heterocycles. The van der Waals surface area contributed by atoms with E-state index in [2.05, 4.69) is 48.5 Å². The Morgan fingerprint density at radius 3 is 1.06 bits per heavy atom. The molecule has 0 saturated heterocycles. The van der Waals surface area contributed by atoms with Crippen molar-refractivity contribution >= 4 is 0 Å². The maximum absolute atomic E-state index is 8.87. The van der Waals surface area contributed by atoms with Gasteiger partial charge in [-0.1, -0.05) is 113 Å². The number of benzene rings is 2. The molecule has 2 rings (SSSR count). The van der Waals surface area contributed by atoms with Crippen molar-refractivity contribution in [2.75, 3.05) is 13.2 Å². The molecular weight excluding hydrogens is 392 g/mol. The van der Waals surface area contributed by atoms with E-state index in [0.717, 1.165) is 25.7 Å². The predicted molar refractivity (Wildman–Crippen MR) is 138 cm³/mol. The van der Waals surface area contributed by atoms with Crippen molar-refractivity contribution in [1.29, 1.82) is 0 Å². The highest BCUT2D eigenvalue weighted by molar-refractivity contribution is 5.70. The van der Waals surface area contributed by atoms with Crippen LogP contribution in [0.5, 0.6) is 0 Å². The van der Waals surface area contributed by atoms with Crippen LogP contribution in [-0.2, 0) is 12.8 Å². The zero-order chi connectivity index (χ0) is 22.7. The molecule has 2 aromatic carbocycles. The summed E-state index contributed by atoms with van der Waals surface area (Å²) in [5.74, 6) is 0. The largest absolute Gasteiger partial charge is 0.396 e. The molecule has 2 nitrogen and oxygen atoms in total. The average Bonchev–Trinajstić information content (AvgIpc) is 2.83. The first-order valence-corrected chi connectivity index (χ1v) is 13.2. The van der Waals surface area contributed by atoms with E-state index in [0.29, 0.717) is 13.2 Å². The van der Waals surface area contributed by atoms with Crippen molar-refractivity contribution in [3.8, 4) is 11.1 Å². The molecular formula is C30H46O2. The minimum Gasteiger partial charge on any atom is -0.396 e. The number of unbranched alkanes of at least 4 members (excludes halogenated alkanes) is 12. The Labute approximate surface area is 197 Å². The molecule has 2 heteroatoms. The summed E-state index contributed by atoms with van der Waals surface area (Å²) in [6, 6.07) is 18.0. The van der Waals surface area contributed by atoms with Crippen LogP contribution in [-0.4, -0.2) is 23.4 Å². The van der Waals surface area contributed by atoms with E-state index in [1.165, 1.54) is 99.3 Å². The van der Waals surface area contributed by atoms with Crippen LogP contribution in [0.1, 0.15) is 101 Å². The number of hydrogen-bond acceptors (Lipinski definition) is 2. The standard InChI is InChI=1S/C30H46O2/c31-25-17-9-5-1-3-7-11-19-27-21-13-15-23-29(27)30-24-16-14-22-28(30)20-12-8-4-2-6-10-18-26-32/h13-16,21-24,31-32H,1-12,17-20,25-26H2. The molecule has 0 aliphatic heterocycles. The van der Waals surface area contributed by atoms with Gasteiger partial charge in [-0.2, -0.15) is 0 Å². The van der Waals surface area contributed by atoms with Gasteiger partial charge in [-0.15, -0.1) is 0 Å². The lowest BCUT2D eigenvalue weighted by molar-refractivity contribution is 0.282. The highest BCUT2D eigenvalue weighted by atomic mass is 16.3. The number of aliphatic hydroxyl groups excluding tert-OH is 2. The monoisotopic (exact) mass is 438 g/mol. The maximum atomic E-state index is 8.87. The normalized spacial score (nSPS) is 11.2. The highest BCUT2D eigenvalue weighted by Crippen LogP contribution is 2.29. The molecule has 0 aliphatic rings. The lowest BCUT2D eigenvalue weighted by atomic mass is 9.91. The number of rotatable bonds is 19. The van der Waals surface area contributed by atoms with Gasteiger partial charge in [-0.25, -0.2) is 0 Å². The first kappa shape index (κ1) is 26.6. The summed E-state index contributed by atoms with van der Waals surface area (Å²) in [6.45, 7) is 0.674. The number of hydrogen-bond donors (Lipinski definition) is 2. The molecule has 2 N–H and O–H groups in total. The van der Waals surface area contributed by atoms with E-state index >= 15 is 0 Å². The summed E-state index contributed by atoms with van der Waals surface area (Å²) in [6.07, 6.45) is 19.4. The van der Waals surface area contributed by atoms with Crippen LogP contribution in [0, 0.1) is 0 Å². The third-order valence-electron chi connectivity index (χ3n) is 6.53. The van der Waals surface area contributed by atoms with E-state index in [4.69, 9.17) is 10.2 Å². The Hall–Kier alpha value is -1.64. The molecule has 32 heavy (non-hydrogen) atoms. The van der Waals surface area contributed by atoms with Crippen LogP contribution < -0.4 is 0 Å². The molecule has 0 atom stereocenters. The van der Waals surface area contributed by atoms with Crippen LogP contribution in [0.25, 0.3) is 11.1 Å². The maximum Gasteiger partial charge on any atom is 0.0431 e. The molecule has 0 aromatic heterocycles. The van der Waals surface area contributed by atoms with Crippen LogP contribution in [0.2, 0.25) is 0 Å². The summed E-state index contributed by atoms with van der Waals surface area (Å²) >= 11 is 0.